The molecule has 0 saturated carbocycles. The monoisotopic (exact) mass is 287 g/mol. The van der Waals surface area contributed by atoms with E-state index < -0.39 is 5.97 Å². The molecule has 0 aromatic heterocycles. The Labute approximate surface area is 117 Å². The summed E-state index contributed by atoms with van der Waals surface area (Å²) in [4.78, 5) is 11.7. The van der Waals surface area contributed by atoms with Crippen LogP contribution in [0.15, 0.2) is 12.1 Å². The average Bonchev–Trinajstić information content (AvgIpc) is 2.38. The van der Waals surface area contributed by atoms with Gasteiger partial charge in [0.1, 0.15) is 11.7 Å². The van der Waals surface area contributed by atoms with Crippen LogP contribution in [0.4, 0.5) is 5.69 Å². The van der Waals surface area contributed by atoms with Gasteiger partial charge in [-0.25, -0.2) is 4.79 Å². The molecular formula is C13H18ClNO4. The molecule has 0 bridgehead atoms. The third kappa shape index (κ3) is 4.29. The summed E-state index contributed by atoms with van der Waals surface area (Å²) in [5.41, 5.74) is 6.23. The predicted octanol–water partition coefficient (Wildman–Crippen LogP) is 2.51. The van der Waals surface area contributed by atoms with Gasteiger partial charge in [-0.15, -0.1) is 0 Å². The first-order valence-corrected chi connectivity index (χ1v) is 6.29. The second kappa shape index (κ2) is 7.21. The van der Waals surface area contributed by atoms with Crippen LogP contribution in [0.25, 0.3) is 0 Å². The van der Waals surface area contributed by atoms with Gasteiger partial charge < -0.3 is 19.9 Å². The van der Waals surface area contributed by atoms with E-state index in [4.69, 9.17) is 26.8 Å². The summed E-state index contributed by atoms with van der Waals surface area (Å²) >= 11 is 6.06. The molecule has 106 valence electrons. The van der Waals surface area contributed by atoms with Gasteiger partial charge in [0.05, 0.1) is 18.7 Å². The molecule has 1 aromatic carbocycles. The normalized spacial score (nSPS) is 12.0. The smallest absolute Gasteiger partial charge is 0.341 e. The molecule has 0 aliphatic heterocycles. The zero-order valence-corrected chi connectivity index (χ0v) is 12.0. The van der Waals surface area contributed by atoms with Gasteiger partial charge in [-0.2, -0.15) is 0 Å². The number of nitrogens with two attached hydrogens (primary N) is 1. The van der Waals surface area contributed by atoms with E-state index in [1.54, 1.807) is 0 Å². The highest BCUT2D eigenvalue weighted by Crippen LogP contribution is 2.32. The largest absolute Gasteiger partial charge is 0.486 e. The number of carbonyl (C=O) groups is 1. The molecule has 1 atom stereocenters. The van der Waals surface area contributed by atoms with Crippen LogP contribution >= 0.6 is 11.6 Å². The number of rotatable bonds is 6. The SMILES string of the molecule is CCOCC(C)Oc1c(Cl)cc(N)cc1C(=O)OC. The quantitative estimate of drug-likeness (QED) is 0.643. The molecule has 6 heteroatoms. The van der Waals surface area contributed by atoms with Crippen LogP contribution in [0.2, 0.25) is 5.02 Å². The first-order valence-electron chi connectivity index (χ1n) is 5.91. The molecule has 1 rings (SSSR count). The Hall–Kier alpha value is -1.46. The van der Waals surface area contributed by atoms with E-state index in [1.165, 1.54) is 19.2 Å². The van der Waals surface area contributed by atoms with Crippen molar-refractivity contribution >= 4 is 23.3 Å². The highest BCUT2D eigenvalue weighted by atomic mass is 35.5. The third-order valence-corrected chi connectivity index (χ3v) is 2.63. The number of benzene rings is 1. The lowest BCUT2D eigenvalue weighted by Crippen LogP contribution is -2.21. The van der Waals surface area contributed by atoms with Crippen molar-refractivity contribution in [3.05, 3.63) is 22.7 Å². The summed E-state index contributed by atoms with van der Waals surface area (Å²) in [5, 5.41) is 0.267. The van der Waals surface area contributed by atoms with E-state index in [-0.39, 0.29) is 22.4 Å². The highest BCUT2D eigenvalue weighted by Gasteiger charge is 2.19. The Morgan fingerprint density at radius 2 is 2.16 bits per heavy atom. The van der Waals surface area contributed by atoms with Crippen molar-refractivity contribution in [2.24, 2.45) is 0 Å². The standard InChI is InChI=1S/C13H18ClNO4/c1-4-18-7-8(2)19-12-10(13(16)17-3)5-9(15)6-11(12)14/h5-6,8H,4,7,15H2,1-3H3. The number of halogens is 1. The zero-order valence-electron chi connectivity index (χ0n) is 11.2. The maximum absolute atomic E-state index is 11.7. The molecule has 2 N–H and O–H groups in total. The maximum Gasteiger partial charge on any atom is 0.341 e. The van der Waals surface area contributed by atoms with Crippen molar-refractivity contribution in [2.45, 2.75) is 20.0 Å². The molecule has 0 radical (unpaired) electrons. The second-order valence-corrected chi connectivity index (χ2v) is 4.37. The molecule has 5 nitrogen and oxygen atoms in total. The number of esters is 1. The molecule has 0 saturated heterocycles. The van der Waals surface area contributed by atoms with Crippen molar-refractivity contribution in [1.82, 2.24) is 0 Å². The molecule has 0 spiro atoms. The molecule has 0 aliphatic rings. The Balaban J connectivity index is 3.00. The van der Waals surface area contributed by atoms with Gasteiger partial charge in [-0.1, -0.05) is 11.6 Å². The lowest BCUT2D eigenvalue weighted by atomic mass is 10.1. The van der Waals surface area contributed by atoms with Crippen molar-refractivity contribution in [3.8, 4) is 5.75 Å². The van der Waals surface area contributed by atoms with E-state index in [0.29, 0.717) is 18.9 Å². The van der Waals surface area contributed by atoms with E-state index >= 15 is 0 Å². The fourth-order valence-electron chi connectivity index (χ4n) is 1.51. The Bertz CT molecular complexity index is 451. The highest BCUT2D eigenvalue weighted by molar-refractivity contribution is 6.33. The Morgan fingerprint density at radius 1 is 1.47 bits per heavy atom. The Morgan fingerprint density at radius 3 is 2.74 bits per heavy atom. The lowest BCUT2D eigenvalue weighted by molar-refractivity contribution is 0.0554. The molecular weight excluding hydrogens is 270 g/mol. The fourth-order valence-corrected chi connectivity index (χ4v) is 1.79. The number of ether oxygens (including phenoxy) is 3. The maximum atomic E-state index is 11.7. The van der Waals surface area contributed by atoms with E-state index in [1.807, 2.05) is 13.8 Å². The molecule has 19 heavy (non-hydrogen) atoms. The first-order chi connectivity index (χ1) is 8.99. The second-order valence-electron chi connectivity index (χ2n) is 3.96. The minimum absolute atomic E-state index is 0.204. The summed E-state index contributed by atoms with van der Waals surface area (Å²) in [7, 11) is 1.28. The number of hydrogen-bond acceptors (Lipinski definition) is 5. The lowest BCUT2D eigenvalue weighted by Gasteiger charge is -2.18. The topological polar surface area (TPSA) is 70.8 Å². The van der Waals surface area contributed by atoms with Crippen LogP contribution < -0.4 is 10.5 Å². The summed E-state index contributed by atoms with van der Waals surface area (Å²) < 4.78 is 15.6. The predicted molar refractivity (Wildman–Crippen MR) is 73.8 cm³/mol. The average molecular weight is 288 g/mol. The van der Waals surface area contributed by atoms with Gasteiger partial charge in [0, 0.05) is 12.3 Å². The van der Waals surface area contributed by atoms with Crippen molar-refractivity contribution < 1.29 is 19.0 Å². The van der Waals surface area contributed by atoms with Gasteiger partial charge in [0.15, 0.2) is 5.75 Å². The summed E-state index contributed by atoms with van der Waals surface area (Å²) in [6.45, 7) is 4.71. The summed E-state index contributed by atoms with van der Waals surface area (Å²) in [5.74, 6) is -0.289. The summed E-state index contributed by atoms with van der Waals surface area (Å²) in [6.07, 6.45) is -0.246. The van der Waals surface area contributed by atoms with Gasteiger partial charge >= 0.3 is 5.97 Å². The van der Waals surface area contributed by atoms with E-state index in [0.717, 1.165) is 0 Å². The fraction of sp³-hybridized carbons (Fsp3) is 0.462. The van der Waals surface area contributed by atoms with Crippen molar-refractivity contribution in [1.29, 1.82) is 0 Å². The van der Waals surface area contributed by atoms with Gasteiger partial charge in [0.25, 0.3) is 0 Å². The number of carbonyl (C=O) groups excluding carboxylic acids is 1. The van der Waals surface area contributed by atoms with Gasteiger partial charge in [-0.3, -0.25) is 0 Å². The van der Waals surface area contributed by atoms with Gasteiger partial charge in [-0.05, 0) is 26.0 Å². The van der Waals surface area contributed by atoms with Crippen LogP contribution in [-0.2, 0) is 9.47 Å². The van der Waals surface area contributed by atoms with E-state index in [2.05, 4.69) is 4.74 Å². The molecule has 1 unspecified atom stereocenters. The zero-order chi connectivity index (χ0) is 14.4. The van der Waals surface area contributed by atoms with Crippen LogP contribution in [0, 0.1) is 0 Å². The minimum atomic E-state index is -0.548. The summed E-state index contributed by atoms with van der Waals surface area (Å²) in [6, 6.07) is 3.00. The molecule has 0 aliphatic carbocycles. The van der Waals surface area contributed by atoms with Crippen LogP contribution in [0.5, 0.6) is 5.75 Å². The van der Waals surface area contributed by atoms with Crippen molar-refractivity contribution in [2.75, 3.05) is 26.1 Å². The number of nitrogen functional groups attached to an aromatic ring is 1. The Kier molecular flexibility index (Phi) is 5.92. The molecule has 0 amide bonds. The first kappa shape index (κ1) is 15.6. The van der Waals surface area contributed by atoms with Crippen LogP contribution in [-0.4, -0.2) is 32.4 Å². The minimum Gasteiger partial charge on any atom is -0.486 e. The number of anilines is 1. The van der Waals surface area contributed by atoms with E-state index in [9.17, 15) is 4.79 Å². The number of hydrogen-bond donors (Lipinski definition) is 1. The number of methoxy groups -OCH3 is 1. The van der Waals surface area contributed by atoms with Crippen molar-refractivity contribution in [3.63, 3.8) is 0 Å². The third-order valence-electron chi connectivity index (χ3n) is 2.35. The van der Waals surface area contributed by atoms with Gasteiger partial charge in [0.2, 0.25) is 0 Å². The van der Waals surface area contributed by atoms with Crippen LogP contribution in [0.1, 0.15) is 24.2 Å². The van der Waals surface area contributed by atoms with Crippen LogP contribution in [0.3, 0.4) is 0 Å². The molecule has 0 heterocycles. The molecule has 0 fully saturated rings. The molecule has 1 aromatic rings.